The molecule has 0 aromatic heterocycles. The summed E-state index contributed by atoms with van der Waals surface area (Å²) >= 11 is 0. The molecule has 0 heterocycles. The lowest BCUT2D eigenvalue weighted by Crippen LogP contribution is -2.67. The Morgan fingerprint density at radius 2 is 0.935 bits per heavy atom. The van der Waals surface area contributed by atoms with Crippen molar-refractivity contribution in [3.63, 3.8) is 0 Å². The van der Waals surface area contributed by atoms with Crippen LogP contribution in [0.25, 0.3) is 0 Å². The molecule has 0 aliphatic heterocycles. The van der Waals surface area contributed by atoms with E-state index in [-0.39, 0.29) is 98.7 Å². The Hall–Kier alpha value is -4.01. The Morgan fingerprint density at radius 3 is 1.31 bits per heavy atom. The van der Waals surface area contributed by atoms with Crippen LogP contribution in [-0.4, -0.2) is 148 Å². The number of carbonyl (C=O) groups excluding carboxylic acids is 3. The molecule has 0 saturated heterocycles. The predicted octanol–water partition coefficient (Wildman–Crippen LogP) is 10.5. The molecule has 0 aromatic carbocycles. The molecule has 0 radical (unpaired) electrons. The fraction of sp³-hybridized carbons (Fsp3) is 0.827. The topological polar surface area (TPSA) is 283 Å². The Labute approximate surface area is 556 Å². The highest BCUT2D eigenvalue weighted by atomic mass is 16.6. The van der Waals surface area contributed by atoms with Gasteiger partial charge >= 0.3 is 29.8 Å². The van der Waals surface area contributed by atoms with E-state index >= 15 is 0 Å². The molecule has 93 heavy (non-hydrogen) atoms. The summed E-state index contributed by atoms with van der Waals surface area (Å²) in [5.41, 5.74) is 1.47. The van der Waals surface area contributed by atoms with Gasteiger partial charge in [-0.2, -0.15) is 0 Å². The maximum absolute atomic E-state index is 13.0. The third-order valence-electron chi connectivity index (χ3n) is 27.1. The van der Waals surface area contributed by atoms with E-state index < -0.39 is 65.6 Å². The van der Waals surface area contributed by atoms with Crippen molar-refractivity contribution in [1.29, 1.82) is 0 Å². The molecular formula is C75H122N4O14. The molecule has 18 heteroatoms. The zero-order chi connectivity index (χ0) is 68.6. The standard InChI is InChI=1S/C75H122N4O14/c1-44(2)20-16-22-51(62-55-38-57(83)64-68(10)29-31-74(89,66(85)86)46(5)53(68)24-27-70(64,12)72(55,14)40-59(62)91-48(7)80)42-77-34-18-33-76-37-26-61(93-50(9)82)79-36-19-35-78-43-52(23-17-21-45(3)4)63-56-39-58(84)65-69(11)30-32-75(90,67(87)88)47(6)54(69)25-28-71(65,13)73(56,15)41-60(63)92-49(8)81/h20-21,46-47,53-61,64-65,76-79,83-84,89-90H,16-19,22-43H2,1-15H3,(H,85,86)(H,87,88)/t46-,47-,53?,54?,55+,56+,57+,58+,59-,60-,61?,64?,65?,68-,69-,70-,71-,72-,73-,74+,75+/m0/s1. The van der Waals surface area contributed by atoms with Gasteiger partial charge in [-0.3, -0.25) is 19.7 Å². The number of nitrogens with one attached hydrogen (secondary N) is 4. The maximum Gasteiger partial charge on any atom is 0.335 e. The van der Waals surface area contributed by atoms with Gasteiger partial charge < -0.3 is 60.8 Å². The molecule has 5 unspecified atom stereocenters. The third-order valence-corrected chi connectivity index (χ3v) is 27.1. The van der Waals surface area contributed by atoms with Crippen LogP contribution in [0.5, 0.6) is 0 Å². The summed E-state index contributed by atoms with van der Waals surface area (Å²) in [6.07, 6.45) is 13.9. The molecule has 8 aliphatic rings. The third kappa shape index (κ3) is 14.2. The number of hydrogen-bond acceptors (Lipinski definition) is 16. The molecule has 10 N–H and O–H groups in total. The quantitative estimate of drug-likeness (QED) is 0.0120. The molecule has 0 spiro atoms. The van der Waals surface area contributed by atoms with Crippen molar-refractivity contribution < 1.29 is 68.8 Å². The first-order chi connectivity index (χ1) is 43.5. The molecule has 0 aromatic rings. The number of aliphatic hydroxyl groups excluding tert-OH is 2. The van der Waals surface area contributed by atoms with Crippen LogP contribution < -0.4 is 21.3 Å². The number of carboxylic acid groups (broad SMARTS) is 2. The molecule has 8 saturated carbocycles. The van der Waals surface area contributed by atoms with Crippen LogP contribution in [0.4, 0.5) is 0 Å². The summed E-state index contributed by atoms with van der Waals surface area (Å²) < 4.78 is 18.4. The Kier molecular flexibility index (Phi) is 23.5. The van der Waals surface area contributed by atoms with Gasteiger partial charge in [-0.05, 0) is 267 Å². The first kappa shape index (κ1) is 74.8. The number of carboxylic acids is 2. The summed E-state index contributed by atoms with van der Waals surface area (Å²) in [5.74, 6) is -4.71. The number of ether oxygens (including phenoxy) is 3. The number of aliphatic hydroxyl groups is 4. The highest BCUT2D eigenvalue weighted by Gasteiger charge is 2.74. The number of hydrogen-bond donors (Lipinski definition) is 10. The van der Waals surface area contributed by atoms with Crippen molar-refractivity contribution in [2.45, 2.75) is 268 Å². The summed E-state index contributed by atoms with van der Waals surface area (Å²) in [4.78, 5) is 63.2. The molecule has 8 fully saturated rings. The van der Waals surface area contributed by atoms with Crippen molar-refractivity contribution in [1.82, 2.24) is 21.3 Å². The lowest BCUT2D eigenvalue weighted by atomic mass is 9.36. The average Bonchev–Trinajstić information content (AvgIpc) is 1.67. The SMILES string of the molecule is CC(=O)OC(CCNCCCNCC(CCC=C(C)C)=C1[C@@H](OC(C)=O)C[C@@]2(C)[C@@H]1C[C@@H](O)C1[C@@]3(C)CC[C@](O)(C(=O)O)[C@@H](C)C3CC[C@@]12C)NCCCNCC(CCC=C(C)C)=C1[C@@H](OC(C)=O)C[C@@]2(C)[C@@H]1C[C@@H](O)C1[C@@]3(C)CC[C@](O)(C(=O)O)[C@@H](C)C3CC[C@@]12C. The largest absolute Gasteiger partial charge is 0.479 e. The van der Waals surface area contributed by atoms with Gasteiger partial charge in [0.15, 0.2) is 17.4 Å². The van der Waals surface area contributed by atoms with Crippen LogP contribution in [-0.2, 0) is 38.2 Å². The van der Waals surface area contributed by atoms with E-state index in [1.165, 1.54) is 43.1 Å². The number of esters is 3. The molecule has 526 valence electrons. The van der Waals surface area contributed by atoms with Gasteiger partial charge in [0.1, 0.15) is 12.2 Å². The molecule has 8 rings (SSSR count). The zero-order valence-corrected chi connectivity index (χ0v) is 59.5. The maximum atomic E-state index is 13.0. The lowest BCUT2D eigenvalue weighted by molar-refractivity contribution is -0.247. The summed E-state index contributed by atoms with van der Waals surface area (Å²) in [7, 11) is 0. The summed E-state index contributed by atoms with van der Waals surface area (Å²) in [6, 6.07) is 0. The van der Waals surface area contributed by atoms with E-state index in [0.717, 1.165) is 88.4 Å². The van der Waals surface area contributed by atoms with Gasteiger partial charge in [0.05, 0.1) is 12.2 Å². The minimum absolute atomic E-state index is 0.0224. The second-order valence-corrected chi connectivity index (χ2v) is 32.7. The van der Waals surface area contributed by atoms with Crippen LogP contribution >= 0.6 is 0 Å². The van der Waals surface area contributed by atoms with Crippen molar-refractivity contribution in [2.24, 2.45) is 79.8 Å². The van der Waals surface area contributed by atoms with Gasteiger partial charge in [-0.1, -0.05) is 89.8 Å². The molecule has 21 atom stereocenters. The first-order valence-electron chi connectivity index (χ1n) is 35.9. The van der Waals surface area contributed by atoms with Crippen LogP contribution in [0.1, 0.15) is 226 Å². The summed E-state index contributed by atoms with van der Waals surface area (Å²) in [5, 5.41) is 82.9. The fourth-order valence-corrected chi connectivity index (χ4v) is 22.3. The second kappa shape index (κ2) is 29.2. The minimum Gasteiger partial charge on any atom is -0.479 e. The van der Waals surface area contributed by atoms with Crippen molar-refractivity contribution in [2.75, 3.05) is 45.8 Å². The van der Waals surface area contributed by atoms with Crippen molar-refractivity contribution >= 4 is 29.8 Å². The Bertz CT molecular complexity index is 2860. The highest BCUT2D eigenvalue weighted by molar-refractivity contribution is 5.78. The minimum atomic E-state index is -1.80. The molecule has 0 bridgehead atoms. The first-order valence-corrected chi connectivity index (χ1v) is 35.9. The van der Waals surface area contributed by atoms with Gasteiger partial charge in [0, 0.05) is 40.3 Å². The summed E-state index contributed by atoms with van der Waals surface area (Å²) in [6.45, 7) is 35.0. The van der Waals surface area contributed by atoms with E-state index in [1.54, 1.807) is 0 Å². The number of fused-ring (bicyclic) bond motifs is 10. The van der Waals surface area contributed by atoms with Gasteiger partial charge in [0.2, 0.25) is 0 Å². The smallest absolute Gasteiger partial charge is 0.335 e. The predicted molar refractivity (Wildman–Crippen MR) is 359 cm³/mol. The van der Waals surface area contributed by atoms with Crippen LogP contribution in [0.15, 0.2) is 45.6 Å². The van der Waals surface area contributed by atoms with Gasteiger partial charge in [0.25, 0.3) is 0 Å². The number of rotatable bonds is 27. The van der Waals surface area contributed by atoms with Gasteiger partial charge in [-0.15, -0.1) is 0 Å². The van der Waals surface area contributed by atoms with E-state index in [1.807, 2.05) is 13.8 Å². The normalized spacial score (nSPS) is 41.3. The molecule has 18 nitrogen and oxygen atoms in total. The lowest BCUT2D eigenvalue weighted by Gasteiger charge is -2.69. The van der Waals surface area contributed by atoms with Crippen molar-refractivity contribution in [3.8, 4) is 0 Å². The zero-order valence-electron chi connectivity index (χ0n) is 59.5. The van der Waals surface area contributed by atoms with Gasteiger partial charge in [-0.25, -0.2) is 9.59 Å². The van der Waals surface area contributed by atoms with Crippen LogP contribution in [0.2, 0.25) is 0 Å². The van der Waals surface area contributed by atoms with E-state index in [2.05, 4.69) is 103 Å². The van der Waals surface area contributed by atoms with E-state index in [4.69, 9.17) is 14.2 Å². The number of carbonyl (C=O) groups is 5. The molecular weight excluding hydrogens is 1180 g/mol. The average molecular weight is 1300 g/mol. The number of allylic oxidation sites excluding steroid dienone is 4. The van der Waals surface area contributed by atoms with Crippen molar-refractivity contribution in [3.05, 3.63) is 45.6 Å². The fourth-order valence-electron chi connectivity index (χ4n) is 22.3. The highest BCUT2D eigenvalue weighted by Crippen LogP contribution is 2.77. The van der Waals surface area contributed by atoms with Crippen LogP contribution in [0.3, 0.4) is 0 Å². The van der Waals surface area contributed by atoms with E-state index in [9.17, 15) is 54.6 Å². The Balaban J connectivity index is 0.867. The molecule has 8 aliphatic carbocycles. The second-order valence-electron chi connectivity index (χ2n) is 32.7. The number of aliphatic carboxylic acids is 2. The monoisotopic (exact) mass is 1300 g/mol. The Morgan fingerprint density at radius 1 is 0.538 bits per heavy atom. The van der Waals surface area contributed by atoms with E-state index in [0.29, 0.717) is 77.7 Å². The van der Waals surface area contributed by atoms with Crippen LogP contribution in [0, 0.1) is 79.8 Å². The molecule has 0 amide bonds.